The van der Waals surface area contributed by atoms with E-state index in [9.17, 15) is 17.6 Å². The van der Waals surface area contributed by atoms with Crippen LogP contribution in [0.25, 0.3) is 0 Å². The second-order valence-corrected chi connectivity index (χ2v) is 7.14. The van der Waals surface area contributed by atoms with E-state index in [2.05, 4.69) is 5.32 Å². The summed E-state index contributed by atoms with van der Waals surface area (Å²) >= 11 is 5.55. The molecule has 1 aliphatic rings. The van der Waals surface area contributed by atoms with Crippen molar-refractivity contribution in [1.82, 2.24) is 9.47 Å². The fourth-order valence-corrected chi connectivity index (χ4v) is 3.88. The van der Waals surface area contributed by atoms with Gasteiger partial charge in [-0.2, -0.15) is 13.2 Å². The highest BCUT2D eigenvalue weighted by molar-refractivity contribution is 7.80. The standard InChI is InChI=1S/C21H17F4N3S/c22-17-5-2-1-4-16(17)19-18-6-3-11-27(18)12-13-28(19)20(29)26-15-9-7-14(8-10-15)21(23,24)25/h1-11,19H,12-13H2,(H,26,29). The van der Waals surface area contributed by atoms with Crippen LogP contribution in [-0.2, 0) is 12.7 Å². The van der Waals surface area contributed by atoms with Gasteiger partial charge in [-0.1, -0.05) is 18.2 Å². The van der Waals surface area contributed by atoms with Crippen molar-refractivity contribution < 1.29 is 17.6 Å². The van der Waals surface area contributed by atoms with Gasteiger partial charge in [0.1, 0.15) is 5.82 Å². The summed E-state index contributed by atoms with van der Waals surface area (Å²) in [7, 11) is 0. The van der Waals surface area contributed by atoms with Crippen LogP contribution in [0.3, 0.4) is 0 Å². The number of fused-ring (bicyclic) bond motifs is 1. The van der Waals surface area contributed by atoms with E-state index in [1.165, 1.54) is 18.2 Å². The first kappa shape index (κ1) is 19.4. The first-order chi connectivity index (χ1) is 13.8. The molecule has 0 saturated carbocycles. The maximum absolute atomic E-state index is 14.6. The van der Waals surface area contributed by atoms with Crippen molar-refractivity contribution in [3.05, 3.63) is 89.5 Å². The number of hydrogen-bond donors (Lipinski definition) is 1. The second kappa shape index (κ2) is 7.51. The quantitative estimate of drug-likeness (QED) is 0.441. The van der Waals surface area contributed by atoms with Gasteiger partial charge in [-0.25, -0.2) is 4.39 Å². The van der Waals surface area contributed by atoms with Gasteiger partial charge in [-0.05, 0) is 54.7 Å². The molecule has 8 heteroatoms. The van der Waals surface area contributed by atoms with E-state index >= 15 is 0 Å². The number of hydrogen-bond acceptors (Lipinski definition) is 1. The third kappa shape index (κ3) is 3.85. The van der Waals surface area contributed by atoms with Gasteiger partial charge in [0.15, 0.2) is 5.11 Å². The van der Waals surface area contributed by atoms with Gasteiger partial charge < -0.3 is 14.8 Å². The Labute approximate surface area is 170 Å². The average molecular weight is 419 g/mol. The van der Waals surface area contributed by atoms with Crippen LogP contribution >= 0.6 is 12.2 Å². The number of nitrogens with one attached hydrogen (secondary N) is 1. The Morgan fingerprint density at radius 3 is 2.38 bits per heavy atom. The molecule has 2 heterocycles. The summed E-state index contributed by atoms with van der Waals surface area (Å²) in [5.74, 6) is -0.338. The summed E-state index contributed by atoms with van der Waals surface area (Å²) in [6.45, 7) is 1.20. The SMILES string of the molecule is Fc1ccccc1C1c2cccn2CCN1C(=S)Nc1ccc(C(F)(F)F)cc1. The van der Waals surface area contributed by atoms with Gasteiger partial charge in [0.2, 0.25) is 0 Å². The topological polar surface area (TPSA) is 20.2 Å². The molecule has 0 radical (unpaired) electrons. The number of aromatic nitrogens is 1. The number of thiocarbonyl (C=S) groups is 1. The van der Waals surface area contributed by atoms with Crippen molar-refractivity contribution in [1.29, 1.82) is 0 Å². The van der Waals surface area contributed by atoms with E-state index < -0.39 is 17.8 Å². The highest BCUT2D eigenvalue weighted by Gasteiger charge is 2.33. The Balaban J connectivity index is 1.62. The van der Waals surface area contributed by atoms with Crippen molar-refractivity contribution in [3.63, 3.8) is 0 Å². The first-order valence-corrected chi connectivity index (χ1v) is 9.40. The van der Waals surface area contributed by atoms with Crippen molar-refractivity contribution in [3.8, 4) is 0 Å². The minimum absolute atomic E-state index is 0.325. The third-order valence-corrected chi connectivity index (χ3v) is 5.30. The van der Waals surface area contributed by atoms with Crippen molar-refractivity contribution >= 4 is 23.0 Å². The van der Waals surface area contributed by atoms with E-state index in [4.69, 9.17) is 12.2 Å². The molecule has 1 aromatic heterocycles. The lowest BCUT2D eigenvalue weighted by atomic mass is 10.00. The van der Waals surface area contributed by atoms with E-state index in [0.717, 1.165) is 17.8 Å². The number of benzene rings is 2. The summed E-state index contributed by atoms with van der Waals surface area (Å²) in [6.07, 6.45) is -2.46. The van der Waals surface area contributed by atoms with Gasteiger partial charge in [-0.15, -0.1) is 0 Å². The molecule has 3 nitrogen and oxygen atoms in total. The zero-order valence-corrected chi connectivity index (χ0v) is 16.0. The van der Waals surface area contributed by atoms with Crippen LogP contribution < -0.4 is 5.32 Å². The average Bonchev–Trinajstić information content (AvgIpc) is 3.16. The number of alkyl halides is 3. The van der Waals surface area contributed by atoms with E-state index in [0.29, 0.717) is 29.5 Å². The molecule has 1 atom stereocenters. The molecular formula is C21H17F4N3S. The van der Waals surface area contributed by atoms with Crippen LogP contribution in [0, 0.1) is 5.82 Å². The minimum Gasteiger partial charge on any atom is -0.348 e. The van der Waals surface area contributed by atoms with Crippen LogP contribution in [0.4, 0.5) is 23.2 Å². The van der Waals surface area contributed by atoms with Gasteiger partial charge in [0.25, 0.3) is 0 Å². The number of halogens is 4. The highest BCUT2D eigenvalue weighted by atomic mass is 32.1. The maximum atomic E-state index is 14.6. The predicted octanol–water partition coefficient (Wildman–Crippen LogP) is 5.45. The fourth-order valence-electron chi connectivity index (χ4n) is 3.56. The molecule has 0 aliphatic carbocycles. The molecule has 1 aliphatic heterocycles. The zero-order valence-electron chi connectivity index (χ0n) is 15.2. The molecule has 29 heavy (non-hydrogen) atoms. The summed E-state index contributed by atoms with van der Waals surface area (Å²) < 4.78 is 54.9. The van der Waals surface area contributed by atoms with Crippen molar-refractivity contribution in [2.75, 3.05) is 11.9 Å². The molecule has 0 spiro atoms. The largest absolute Gasteiger partial charge is 0.416 e. The Hall–Kier alpha value is -2.87. The lowest BCUT2D eigenvalue weighted by Gasteiger charge is -2.39. The molecule has 0 saturated heterocycles. The van der Waals surface area contributed by atoms with Gasteiger partial charge >= 0.3 is 6.18 Å². The monoisotopic (exact) mass is 419 g/mol. The normalized spacial score (nSPS) is 16.4. The molecule has 1 unspecified atom stereocenters. The lowest BCUT2D eigenvalue weighted by Crippen LogP contribution is -2.44. The molecule has 3 aromatic rings. The van der Waals surface area contributed by atoms with Crippen molar-refractivity contribution in [2.24, 2.45) is 0 Å². The molecule has 2 aromatic carbocycles. The summed E-state index contributed by atoms with van der Waals surface area (Å²) in [5.41, 5.74) is 1.10. The smallest absolute Gasteiger partial charge is 0.348 e. The van der Waals surface area contributed by atoms with Crippen LogP contribution in [0.1, 0.15) is 22.9 Å². The third-order valence-electron chi connectivity index (χ3n) is 4.96. The van der Waals surface area contributed by atoms with Crippen LogP contribution in [0.5, 0.6) is 0 Å². The van der Waals surface area contributed by atoms with Gasteiger partial charge in [0, 0.05) is 36.2 Å². The summed E-state index contributed by atoms with van der Waals surface area (Å²) in [5, 5.41) is 3.32. The Kier molecular flexibility index (Phi) is 5.04. The summed E-state index contributed by atoms with van der Waals surface area (Å²) in [4.78, 5) is 1.86. The molecule has 150 valence electrons. The van der Waals surface area contributed by atoms with E-state index in [1.54, 1.807) is 18.2 Å². The number of rotatable bonds is 2. The maximum Gasteiger partial charge on any atom is 0.416 e. The van der Waals surface area contributed by atoms with Crippen LogP contribution in [-0.4, -0.2) is 21.1 Å². The number of anilines is 1. The molecule has 1 N–H and O–H groups in total. The van der Waals surface area contributed by atoms with Crippen LogP contribution in [0.15, 0.2) is 66.9 Å². The summed E-state index contributed by atoms with van der Waals surface area (Å²) in [6, 6.07) is 14.6. The Morgan fingerprint density at radius 2 is 1.69 bits per heavy atom. The predicted molar refractivity (Wildman–Crippen MR) is 107 cm³/mol. The minimum atomic E-state index is -4.40. The number of nitrogens with zero attached hydrogens (tertiary/aromatic N) is 2. The van der Waals surface area contributed by atoms with E-state index in [-0.39, 0.29) is 5.82 Å². The Bertz CT molecular complexity index is 1030. The molecule has 4 rings (SSSR count). The first-order valence-electron chi connectivity index (χ1n) is 8.99. The van der Waals surface area contributed by atoms with Crippen molar-refractivity contribution in [2.45, 2.75) is 18.8 Å². The second-order valence-electron chi connectivity index (χ2n) is 6.75. The Morgan fingerprint density at radius 1 is 0.966 bits per heavy atom. The highest BCUT2D eigenvalue weighted by Crippen LogP contribution is 2.34. The fraction of sp³-hybridized carbons (Fsp3) is 0.190. The van der Waals surface area contributed by atoms with Gasteiger partial charge in [0.05, 0.1) is 11.6 Å². The molecule has 0 bridgehead atoms. The molecule has 0 fully saturated rings. The van der Waals surface area contributed by atoms with Crippen LogP contribution in [0.2, 0.25) is 0 Å². The van der Waals surface area contributed by atoms with Gasteiger partial charge in [-0.3, -0.25) is 0 Å². The zero-order chi connectivity index (χ0) is 20.6. The molecule has 0 amide bonds. The molecular weight excluding hydrogens is 402 g/mol. The van der Waals surface area contributed by atoms with E-state index in [1.807, 2.05) is 27.8 Å². The lowest BCUT2D eigenvalue weighted by molar-refractivity contribution is -0.137.